The summed E-state index contributed by atoms with van der Waals surface area (Å²) < 4.78 is 0. The van der Waals surface area contributed by atoms with E-state index in [-0.39, 0.29) is 6.10 Å². The largest absolute Gasteiger partial charge is 0.391 e. The third-order valence-corrected chi connectivity index (χ3v) is 3.77. The van der Waals surface area contributed by atoms with Crippen LogP contribution in [0.25, 0.3) is 21.9 Å². The molecule has 1 aliphatic heterocycles. The molecule has 1 saturated heterocycles. The van der Waals surface area contributed by atoms with Crippen LogP contribution in [-0.4, -0.2) is 39.3 Å². The maximum absolute atomic E-state index is 9.73. The predicted molar refractivity (Wildman–Crippen MR) is 74.2 cm³/mol. The minimum Gasteiger partial charge on any atom is -0.391 e. The molecule has 1 unspecified atom stereocenters. The average molecular weight is 254 g/mol. The number of nitrogens with one attached hydrogen (secondary N) is 1. The number of β-amino-alcohol motifs (C(OH)–C–C–N with tert-alkyl or cyclic N) is 1. The molecule has 19 heavy (non-hydrogen) atoms. The second kappa shape index (κ2) is 3.93. The molecule has 0 spiro atoms. The molecule has 0 bridgehead atoms. The maximum atomic E-state index is 9.73. The standard InChI is InChI=1S/C14H14N4O/c19-9-3-6-18(8-9)12-2-5-15-11-7-17-14-10(13(11)12)1-4-16-14/h1-2,4-5,7,9,15,19H,3,6,8H2. The van der Waals surface area contributed by atoms with Gasteiger partial charge in [-0.15, -0.1) is 0 Å². The smallest absolute Gasteiger partial charge is 0.159 e. The van der Waals surface area contributed by atoms with Crippen molar-refractivity contribution in [1.82, 2.24) is 15.0 Å². The molecule has 1 aliphatic rings. The van der Waals surface area contributed by atoms with Crippen molar-refractivity contribution in [3.05, 3.63) is 30.7 Å². The lowest BCUT2D eigenvalue weighted by atomic mass is 10.1. The fourth-order valence-electron chi connectivity index (χ4n) is 2.86. The topological polar surface area (TPSA) is 65.0 Å². The maximum Gasteiger partial charge on any atom is 0.159 e. The third-order valence-electron chi connectivity index (χ3n) is 3.77. The van der Waals surface area contributed by atoms with E-state index in [1.165, 1.54) is 0 Å². The van der Waals surface area contributed by atoms with Gasteiger partial charge in [-0.05, 0) is 18.6 Å². The molecular formula is C14H14N4O. The van der Waals surface area contributed by atoms with E-state index in [4.69, 9.17) is 0 Å². The van der Waals surface area contributed by atoms with Gasteiger partial charge in [-0.1, -0.05) is 0 Å². The Hall–Kier alpha value is -2.14. The molecule has 5 heteroatoms. The number of pyridine rings is 2. The molecule has 0 aliphatic carbocycles. The van der Waals surface area contributed by atoms with Crippen molar-refractivity contribution in [1.29, 1.82) is 0 Å². The predicted octanol–water partition coefficient (Wildman–Crippen LogP) is 1.68. The van der Waals surface area contributed by atoms with Gasteiger partial charge in [0.05, 0.1) is 17.8 Å². The molecule has 0 amide bonds. The Morgan fingerprint density at radius 2 is 2.26 bits per heavy atom. The number of hydrogen-bond donors (Lipinski definition) is 2. The summed E-state index contributed by atoms with van der Waals surface area (Å²) in [4.78, 5) is 14.1. The van der Waals surface area contributed by atoms with Crippen LogP contribution in [0.2, 0.25) is 0 Å². The lowest BCUT2D eigenvalue weighted by molar-refractivity contribution is 0.198. The highest BCUT2D eigenvalue weighted by Crippen LogP contribution is 2.32. The fourth-order valence-corrected chi connectivity index (χ4v) is 2.86. The van der Waals surface area contributed by atoms with E-state index >= 15 is 0 Å². The fraction of sp³-hybridized carbons (Fsp3) is 0.286. The lowest BCUT2D eigenvalue weighted by Gasteiger charge is -2.20. The quantitative estimate of drug-likeness (QED) is 0.693. The molecule has 0 saturated carbocycles. The van der Waals surface area contributed by atoms with Crippen LogP contribution in [0.1, 0.15) is 6.42 Å². The van der Waals surface area contributed by atoms with Gasteiger partial charge < -0.3 is 15.0 Å². The molecule has 4 heterocycles. The van der Waals surface area contributed by atoms with E-state index in [0.717, 1.165) is 40.6 Å². The minimum absolute atomic E-state index is 0.227. The molecule has 1 fully saturated rings. The van der Waals surface area contributed by atoms with Crippen molar-refractivity contribution < 1.29 is 5.11 Å². The Labute approximate surface area is 109 Å². The zero-order valence-electron chi connectivity index (χ0n) is 10.4. The number of aromatic nitrogens is 3. The lowest BCUT2D eigenvalue weighted by Crippen LogP contribution is -2.21. The molecule has 2 N–H and O–H groups in total. The first-order chi connectivity index (χ1) is 9.33. The van der Waals surface area contributed by atoms with Gasteiger partial charge in [-0.3, -0.25) is 0 Å². The summed E-state index contributed by atoms with van der Waals surface area (Å²) in [5.41, 5.74) is 2.91. The van der Waals surface area contributed by atoms with Crippen molar-refractivity contribution >= 4 is 27.6 Å². The van der Waals surface area contributed by atoms with Crippen LogP contribution in [0.4, 0.5) is 5.69 Å². The minimum atomic E-state index is -0.227. The average Bonchev–Trinajstić information content (AvgIpc) is 3.06. The Morgan fingerprint density at radius 1 is 1.32 bits per heavy atom. The number of rotatable bonds is 1. The first-order valence-corrected chi connectivity index (χ1v) is 6.47. The Kier molecular flexibility index (Phi) is 2.22. The van der Waals surface area contributed by atoms with E-state index < -0.39 is 0 Å². The van der Waals surface area contributed by atoms with Gasteiger partial charge in [0.2, 0.25) is 0 Å². The number of nitrogens with zero attached hydrogens (tertiary/aromatic N) is 3. The summed E-state index contributed by atoms with van der Waals surface area (Å²) in [7, 11) is 0. The molecule has 1 atom stereocenters. The number of anilines is 1. The Bertz CT molecular complexity index is 751. The summed E-state index contributed by atoms with van der Waals surface area (Å²) in [5, 5.41) is 11.9. The van der Waals surface area contributed by atoms with Gasteiger partial charge in [-0.2, -0.15) is 0 Å². The van der Waals surface area contributed by atoms with E-state index in [1.54, 1.807) is 6.20 Å². The summed E-state index contributed by atoms with van der Waals surface area (Å²) in [5.74, 6) is 0. The van der Waals surface area contributed by atoms with Gasteiger partial charge in [-0.25, -0.2) is 9.97 Å². The van der Waals surface area contributed by atoms with Gasteiger partial charge >= 0.3 is 0 Å². The Balaban J connectivity index is 2.01. The van der Waals surface area contributed by atoms with Crippen LogP contribution in [0.5, 0.6) is 0 Å². The van der Waals surface area contributed by atoms with E-state index in [2.05, 4.69) is 25.9 Å². The number of hydrogen-bond acceptors (Lipinski definition) is 4. The second-order valence-electron chi connectivity index (χ2n) is 4.98. The SMILES string of the molecule is OC1CCN(c2cc[nH]c3cnc4nccc4c23)C1. The highest BCUT2D eigenvalue weighted by atomic mass is 16.3. The van der Waals surface area contributed by atoms with Gasteiger partial charge in [0.1, 0.15) is 0 Å². The van der Waals surface area contributed by atoms with Gasteiger partial charge in [0, 0.05) is 41.9 Å². The van der Waals surface area contributed by atoms with E-state index in [1.807, 2.05) is 18.5 Å². The second-order valence-corrected chi connectivity index (χ2v) is 4.98. The molecular weight excluding hydrogens is 240 g/mol. The summed E-state index contributed by atoms with van der Waals surface area (Å²) in [6, 6.07) is 4.06. The molecule has 4 rings (SSSR count). The first-order valence-electron chi connectivity index (χ1n) is 6.47. The number of H-pyrrole nitrogens is 1. The van der Waals surface area contributed by atoms with Crippen molar-refractivity contribution in [2.24, 2.45) is 0 Å². The van der Waals surface area contributed by atoms with Crippen molar-refractivity contribution in [2.75, 3.05) is 18.0 Å². The monoisotopic (exact) mass is 254 g/mol. The molecule has 3 aromatic rings. The zero-order chi connectivity index (χ0) is 12.8. The summed E-state index contributed by atoms with van der Waals surface area (Å²) in [6.45, 7) is 1.58. The van der Waals surface area contributed by atoms with Crippen molar-refractivity contribution in [3.8, 4) is 0 Å². The van der Waals surface area contributed by atoms with E-state index in [9.17, 15) is 5.11 Å². The van der Waals surface area contributed by atoms with Crippen LogP contribution in [0, 0.1) is 0 Å². The van der Waals surface area contributed by atoms with Crippen LogP contribution in [0.15, 0.2) is 30.7 Å². The number of aliphatic hydroxyl groups excluding tert-OH is 1. The molecule has 5 nitrogen and oxygen atoms in total. The van der Waals surface area contributed by atoms with Crippen molar-refractivity contribution in [2.45, 2.75) is 12.5 Å². The summed E-state index contributed by atoms with van der Waals surface area (Å²) >= 11 is 0. The van der Waals surface area contributed by atoms with Crippen LogP contribution >= 0.6 is 0 Å². The number of fused-ring (bicyclic) bond motifs is 3. The van der Waals surface area contributed by atoms with Gasteiger partial charge in [0.25, 0.3) is 0 Å². The Morgan fingerprint density at radius 3 is 3.11 bits per heavy atom. The molecule has 0 radical (unpaired) electrons. The molecule has 96 valence electrons. The number of aliphatic hydroxyl groups is 1. The van der Waals surface area contributed by atoms with Crippen LogP contribution in [0.3, 0.4) is 0 Å². The zero-order valence-corrected chi connectivity index (χ0v) is 10.4. The third kappa shape index (κ3) is 1.58. The van der Waals surface area contributed by atoms with Crippen molar-refractivity contribution in [3.63, 3.8) is 0 Å². The number of aromatic amines is 1. The van der Waals surface area contributed by atoms with Gasteiger partial charge in [0.15, 0.2) is 5.65 Å². The normalized spacial score (nSPS) is 19.6. The molecule has 3 aromatic heterocycles. The molecule has 0 aromatic carbocycles. The first kappa shape index (κ1) is 10.8. The van der Waals surface area contributed by atoms with Crippen LogP contribution in [-0.2, 0) is 0 Å². The van der Waals surface area contributed by atoms with Crippen LogP contribution < -0.4 is 4.90 Å². The highest BCUT2D eigenvalue weighted by molar-refractivity contribution is 6.09. The highest BCUT2D eigenvalue weighted by Gasteiger charge is 2.22. The summed E-state index contributed by atoms with van der Waals surface area (Å²) in [6.07, 6.45) is 6.13. The van der Waals surface area contributed by atoms with E-state index in [0.29, 0.717) is 6.54 Å².